The molecule has 0 aromatic heterocycles. The summed E-state index contributed by atoms with van der Waals surface area (Å²) in [4.78, 5) is 103. The molecule has 0 aromatic carbocycles. The molecule has 0 heterocycles. The van der Waals surface area contributed by atoms with Gasteiger partial charge >= 0.3 is 0 Å². The predicted molar refractivity (Wildman–Crippen MR) is 129 cm³/mol. The van der Waals surface area contributed by atoms with E-state index in [1.54, 1.807) is 7.05 Å². The van der Waals surface area contributed by atoms with Crippen LogP contribution in [0.1, 0.15) is 6.92 Å². The molecule has 18 nitrogen and oxygen atoms in total. The van der Waals surface area contributed by atoms with Crippen molar-refractivity contribution in [1.82, 2.24) is 47.9 Å². The fraction of sp³-hybridized carbons (Fsp3) is 0.550. The summed E-state index contributed by atoms with van der Waals surface area (Å²) in [7, 11) is 1.56. The van der Waals surface area contributed by atoms with Gasteiger partial charge < -0.3 is 47.9 Å². The smallest absolute Gasteiger partial charge is 0.239 e. The van der Waals surface area contributed by atoms with Crippen molar-refractivity contribution in [2.75, 3.05) is 66.0 Å². The number of carbonyl (C=O) groups excluding carboxylic acids is 9. The molecule has 212 valence electrons. The molecule has 0 fully saturated rings. The van der Waals surface area contributed by atoms with E-state index in [-0.39, 0.29) is 32.0 Å². The summed E-state index contributed by atoms with van der Waals surface area (Å²) in [6, 6.07) is 0. The number of likely N-dealkylation sites (N-methyl/N-ethyl adjacent to an activating group) is 1. The molecule has 0 saturated carbocycles. The van der Waals surface area contributed by atoms with Crippen molar-refractivity contribution in [3.05, 3.63) is 0 Å². The van der Waals surface area contributed by atoms with Gasteiger partial charge in [0.25, 0.3) is 0 Å². The first kappa shape index (κ1) is 33.4. The lowest BCUT2D eigenvalue weighted by molar-refractivity contribution is -0.129. The highest BCUT2D eigenvalue weighted by Gasteiger charge is 2.12. The lowest BCUT2D eigenvalue weighted by Crippen LogP contribution is -2.47. The van der Waals surface area contributed by atoms with Crippen LogP contribution in [0.4, 0.5) is 0 Å². The van der Waals surface area contributed by atoms with Crippen LogP contribution < -0.4 is 47.9 Å². The Morgan fingerprint density at radius 1 is 0.342 bits per heavy atom. The molecule has 0 unspecified atom stereocenters. The minimum Gasteiger partial charge on any atom is -0.348 e. The maximum absolute atomic E-state index is 11.7. The first-order valence-electron chi connectivity index (χ1n) is 11.2. The Morgan fingerprint density at radius 2 is 0.526 bits per heavy atom. The van der Waals surface area contributed by atoms with Crippen molar-refractivity contribution in [1.29, 1.82) is 0 Å². The van der Waals surface area contributed by atoms with Crippen LogP contribution in [0.3, 0.4) is 0 Å². The molecule has 0 aromatic rings. The molecule has 0 atom stereocenters. The number of amides is 8. The van der Waals surface area contributed by atoms with Crippen LogP contribution in [0.2, 0.25) is 0 Å². The number of rotatable bonds is 18. The van der Waals surface area contributed by atoms with Crippen LogP contribution in [-0.2, 0) is 43.2 Å². The van der Waals surface area contributed by atoms with Crippen LogP contribution in [0.25, 0.3) is 0 Å². The normalized spacial score (nSPS) is 9.74. The Morgan fingerprint density at radius 3 is 0.711 bits per heavy atom. The fourth-order valence-electron chi connectivity index (χ4n) is 2.14. The Balaban J connectivity index is 3.93. The number of nitrogens with one attached hydrogen (secondary N) is 9. The SMILES string of the molecule is CNCC(=O)NCC(=O)NCC(=O)NCC(=O)NCC(=O)NCC(=O)NCC(=O)NCC(=O)NCC(C)=O. The summed E-state index contributed by atoms with van der Waals surface area (Å²) >= 11 is 0. The van der Waals surface area contributed by atoms with Gasteiger partial charge in [-0.15, -0.1) is 0 Å². The van der Waals surface area contributed by atoms with Crippen molar-refractivity contribution in [3.8, 4) is 0 Å². The molecule has 38 heavy (non-hydrogen) atoms. The van der Waals surface area contributed by atoms with Crippen molar-refractivity contribution < 1.29 is 43.2 Å². The van der Waals surface area contributed by atoms with Crippen molar-refractivity contribution >= 4 is 53.0 Å². The zero-order valence-electron chi connectivity index (χ0n) is 21.0. The zero-order chi connectivity index (χ0) is 28.9. The van der Waals surface area contributed by atoms with Crippen LogP contribution >= 0.6 is 0 Å². The fourth-order valence-corrected chi connectivity index (χ4v) is 2.14. The predicted octanol–water partition coefficient (Wildman–Crippen LogP) is -7.28. The summed E-state index contributed by atoms with van der Waals surface area (Å²) in [5.74, 6) is -5.35. The zero-order valence-corrected chi connectivity index (χ0v) is 21.0. The molecule has 0 bridgehead atoms. The third-order valence-corrected chi connectivity index (χ3v) is 3.99. The molecule has 0 aliphatic carbocycles. The third-order valence-electron chi connectivity index (χ3n) is 3.99. The Hall–Kier alpha value is -4.61. The summed E-state index contributed by atoms with van der Waals surface area (Å²) < 4.78 is 0. The molecule has 9 N–H and O–H groups in total. The maximum atomic E-state index is 11.7. The second-order valence-electron chi connectivity index (χ2n) is 7.45. The van der Waals surface area contributed by atoms with E-state index in [2.05, 4.69) is 47.9 Å². The Kier molecular flexibility index (Phi) is 17.2. The second kappa shape index (κ2) is 19.6. The van der Waals surface area contributed by atoms with Crippen LogP contribution in [-0.4, -0.2) is 119 Å². The Bertz CT molecular complexity index is 908. The van der Waals surface area contributed by atoms with Gasteiger partial charge in [0.2, 0.25) is 47.3 Å². The minimum absolute atomic E-state index is 0.0284. The van der Waals surface area contributed by atoms with Crippen LogP contribution in [0.5, 0.6) is 0 Å². The summed E-state index contributed by atoms with van der Waals surface area (Å²) in [5.41, 5.74) is 0. The van der Waals surface area contributed by atoms with E-state index in [1.807, 2.05) is 0 Å². The average molecular weight is 544 g/mol. The third kappa shape index (κ3) is 19.7. The summed E-state index contributed by atoms with van der Waals surface area (Å²) in [5, 5.41) is 20.5. The maximum Gasteiger partial charge on any atom is 0.239 e. The summed E-state index contributed by atoms with van der Waals surface area (Å²) in [6.45, 7) is -1.93. The van der Waals surface area contributed by atoms with E-state index in [0.717, 1.165) is 0 Å². The number of carbonyl (C=O) groups is 9. The topological polar surface area (TPSA) is 262 Å². The monoisotopic (exact) mass is 543 g/mol. The standard InChI is InChI=1S/C20H33N9O9/c1-12(30)3-22-14(32)5-24-16(34)7-26-18(36)9-28-20(38)11-29-19(37)10-27-17(35)8-25-15(33)6-23-13(31)4-21-2/h21H,3-11H2,1-2H3,(H,22,32)(H,23,31)(H,24,34)(H,25,33)(H,26,36)(H,27,35)(H,28,38)(H,29,37). The molecule has 8 amide bonds. The number of hydrogen-bond donors (Lipinski definition) is 9. The molecule has 0 spiro atoms. The van der Waals surface area contributed by atoms with Crippen LogP contribution in [0, 0.1) is 0 Å². The highest BCUT2D eigenvalue weighted by Crippen LogP contribution is 1.74. The molecule has 0 rings (SSSR count). The van der Waals surface area contributed by atoms with Crippen molar-refractivity contribution in [3.63, 3.8) is 0 Å². The van der Waals surface area contributed by atoms with Gasteiger partial charge in [0, 0.05) is 0 Å². The van der Waals surface area contributed by atoms with E-state index in [1.165, 1.54) is 6.92 Å². The van der Waals surface area contributed by atoms with Gasteiger partial charge in [0.05, 0.1) is 58.9 Å². The first-order chi connectivity index (χ1) is 17.9. The van der Waals surface area contributed by atoms with Crippen molar-refractivity contribution in [2.45, 2.75) is 6.92 Å². The van der Waals surface area contributed by atoms with E-state index >= 15 is 0 Å². The first-order valence-corrected chi connectivity index (χ1v) is 11.2. The van der Waals surface area contributed by atoms with Gasteiger partial charge in [-0.3, -0.25) is 43.2 Å². The van der Waals surface area contributed by atoms with E-state index in [9.17, 15) is 43.2 Å². The number of hydrogen-bond acceptors (Lipinski definition) is 10. The summed E-state index contributed by atoms with van der Waals surface area (Å²) in [6.07, 6.45) is 0. The quantitative estimate of drug-likeness (QED) is 0.0788. The number of Topliss-reactive ketones (excluding diaryl/α,β-unsaturated/α-hetero) is 1. The highest BCUT2D eigenvalue weighted by atomic mass is 16.2. The minimum atomic E-state index is -0.723. The molecule has 18 heteroatoms. The molecule has 0 aliphatic heterocycles. The number of ketones is 1. The Labute approximate surface area is 217 Å². The van der Waals surface area contributed by atoms with Crippen molar-refractivity contribution in [2.24, 2.45) is 0 Å². The van der Waals surface area contributed by atoms with Gasteiger partial charge in [0.15, 0.2) is 0 Å². The van der Waals surface area contributed by atoms with Gasteiger partial charge in [-0.2, -0.15) is 0 Å². The lowest BCUT2D eigenvalue weighted by Gasteiger charge is -2.09. The van der Waals surface area contributed by atoms with E-state index in [0.29, 0.717) is 0 Å². The highest BCUT2D eigenvalue weighted by molar-refractivity contribution is 5.93. The average Bonchev–Trinajstić information content (AvgIpc) is 2.87. The second-order valence-corrected chi connectivity index (χ2v) is 7.45. The van der Waals surface area contributed by atoms with Gasteiger partial charge in [-0.25, -0.2) is 0 Å². The van der Waals surface area contributed by atoms with Gasteiger partial charge in [0.1, 0.15) is 5.78 Å². The molecule has 0 saturated heterocycles. The van der Waals surface area contributed by atoms with Crippen LogP contribution in [0.15, 0.2) is 0 Å². The van der Waals surface area contributed by atoms with Gasteiger partial charge in [-0.1, -0.05) is 0 Å². The lowest BCUT2D eigenvalue weighted by atomic mass is 10.4. The molecule has 0 radical (unpaired) electrons. The van der Waals surface area contributed by atoms with Gasteiger partial charge in [-0.05, 0) is 14.0 Å². The largest absolute Gasteiger partial charge is 0.348 e. The molecule has 0 aliphatic rings. The molecular formula is C20H33N9O9. The van der Waals surface area contributed by atoms with E-state index in [4.69, 9.17) is 0 Å². The molecular weight excluding hydrogens is 510 g/mol. The van der Waals surface area contributed by atoms with E-state index < -0.39 is 80.0 Å².